The molecule has 0 bridgehead atoms. The summed E-state index contributed by atoms with van der Waals surface area (Å²) in [5.74, 6) is -0.210. The Labute approximate surface area is 99.4 Å². The number of aryl methyl sites for hydroxylation is 1. The van der Waals surface area contributed by atoms with Crippen LogP contribution in [0.2, 0.25) is 0 Å². The van der Waals surface area contributed by atoms with E-state index in [4.69, 9.17) is 4.74 Å². The van der Waals surface area contributed by atoms with Gasteiger partial charge in [0.25, 0.3) is 0 Å². The first kappa shape index (κ1) is 11.4. The van der Waals surface area contributed by atoms with Crippen molar-refractivity contribution in [2.24, 2.45) is 0 Å². The van der Waals surface area contributed by atoms with Gasteiger partial charge in [-0.25, -0.2) is 4.79 Å². The van der Waals surface area contributed by atoms with E-state index in [1.54, 1.807) is 0 Å². The van der Waals surface area contributed by atoms with E-state index in [9.17, 15) is 9.59 Å². The summed E-state index contributed by atoms with van der Waals surface area (Å²) in [4.78, 5) is 24.2. The van der Waals surface area contributed by atoms with Crippen LogP contribution in [0.25, 0.3) is 0 Å². The Morgan fingerprint density at radius 3 is 2.88 bits per heavy atom. The molecule has 0 aliphatic carbocycles. The molecule has 17 heavy (non-hydrogen) atoms. The van der Waals surface area contributed by atoms with Crippen LogP contribution in [-0.2, 0) is 9.53 Å². The predicted octanol–water partition coefficient (Wildman–Crippen LogP) is 1.39. The van der Waals surface area contributed by atoms with Crippen molar-refractivity contribution in [3.8, 4) is 0 Å². The van der Waals surface area contributed by atoms with Crippen LogP contribution >= 0.6 is 0 Å². The van der Waals surface area contributed by atoms with Crippen molar-refractivity contribution in [2.75, 3.05) is 25.0 Å². The second-order valence-electron chi connectivity index (χ2n) is 3.90. The van der Waals surface area contributed by atoms with Gasteiger partial charge in [-0.05, 0) is 18.6 Å². The molecule has 1 aliphatic rings. The monoisotopic (exact) mass is 234 g/mol. The molecule has 1 aromatic rings. The Morgan fingerprint density at radius 1 is 1.47 bits per heavy atom. The average Bonchev–Trinajstić information content (AvgIpc) is 2.68. The lowest BCUT2D eigenvalue weighted by Gasteiger charge is -2.13. The minimum atomic E-state index is -0.426. The zero-order valence-corrected chi connectivity index (χ0v) is 9.60. The number of nitrogens with one attached hydrogen (secondary N) is 1. The SMILES string of the molecule is Cc1ccccc1NC(=O)CN1CCOC1=O. The normalized spacial score (nSPS) is 14.6. The number of benzene rings is 1. The molecule has 2 rings (SSSR count). The summed E-state index contributed by atoms with van der Waals surface area (Å²) < 4.78 is 4.75. The van der Waals surface area contributed by atoms with E-state index in [1.807, 2.05) is 31.2 Å². The molecule has 0 aromatic heterocycles. The maximum atomic E-state index is 11.7. The second kappa shape index (κ2) is 4.86. The van der Waals surface area contributed by atoms with Gasteiger partial charge in [0, 0.05) is 5.69 Å². The van der Waals surface area contributed by atoms with E-state index in [1.165, 1.54) is 4.90 Å². The van der Waals surface area contributed by atoms with E-state index in [2.05, 4.69) is 5.32 Å². The molecule has 0 unspecified atom stereocenters. The number of ether oxygens (including phenoxy) is 1. The van der Waals surface area contributed by atoms with Crippen LogP contribution in [-0.4, -0.2) is 36.6 Å². The molecule has 0 radical (unpaired) electrons. The van der Waals surface area contributed by atoms with Crippen LogP contribution in [0.5, 0.6) is 0 Å². The summed E-state index contributed by atoms with van der Waals surface area (Å²) in [6.45, 7) is 2.78. The van der Waals surface area contributed by atoms with Crippen LogP contribution < -0.4 is 5.32 Å². The summed E-state index contributed by atoms with van der Waals surface area (Å²) >= 11 is 0. The standard InChI is InChI=1S/C12H14N2O3/c1-9-4-2-3-5-10(9)13-11(15)8-14-6-7-17-12(14)16/h2-5H,6-8H2,1H3,(H,13,15). The third kappa shape index (κ3) is 2.75. The van der Waals surface area contributed by atoms with Crippen molar-refractivity contribution in [1.29, 1.82) is 0 Å². The Bertz CT molecular complexity index is 445. The molecule has 5 heteroatoms. The Kier molecular flexibility index (Phi) is 3.27. The minimum Gasteiger partial charge on any atom is -0.448 e. The molecule has 1 aromatic carbocycles. The second-order valence-corrected chi connectivity index (χ2v) is 3.90. The molecule has 90 valence electrons. The quantitative estimate of drug-likeness (QED) is 0.859. The zero-order chi connectivity index (χ0) is 12.3. The summed E-state index contributed by atoms with van der Waals surface area (Å²) in [7, 11) is 0. The number of carbonyl (C=O) groups is 2. The van der Waals surface area contributed by atoms with Crippen molar-refractivity contribution in [3.63, 3.8) is 0 Å². The molecule has 1 heterocycles. The van der Waals surface area contributed by atoms with Gasteiger partial charge in [0.05, 0.1) is 6.54 Å². The third-order valence-corrected chi connectivity index (χ3v) is 2.60. The van der Waals surface area contributed by atoms with Crippen LogP contribution in [0.4, 0.5) is 10.5 Å². The van der Waals surface area contributed by atoms with Crippen molar-refractivity contribution in [2.45, 2.75) is 6.92 Å². The van der Waals surface area contributed by atoms with Crippen molar-refractivity contribution in [1.82, 2.24) is 4.90 Å². The summed E-state index contributed by atoms with van der Waals surface area (Å²) in [5.41, 5.74) is 1.76. The number of cyclic esters (lactones) is 1. The molecule has 1 aliphatic heterocycles. The molecular weight excluding hydrogens is 220 g/mol. The van der Waals surface area contributed by atoms with Crippen molar-refractivity contribution in [3.05, 3.63) is 29.8 Å². The van der Waals surface area contributed by atoms with Gasteiger partial charge in [-0.3, -0.25) is 9.69 Å². The topological polar surface area (TPSA) is 58.6 Å². The molecule has 0 atom stereocenters. The van der Waals surface area contributed by atoms with Gasteiger partial charge in [0.15, 0.2) is 0 Å². The number of anilines is 1. The zero-order valence-electron chi connectivity index (χ0n) is 9.60. The molecule has 1 saturated heterocycles. The van der Waals surface area contributed by atoms with Gasteiger partial charge in [0.1, 0.15) is 13.2 Å². The number of nitrogens with zero attached hydrogens (tertiary/aromatic N) is 1. The highest BCUT2D eigenvalue weighted by molar-refractivity contribution is 5.94. The fraction of sp³-hybridized carbons (Fsp3) is 0.333. The van der Waals surface area contributed by atoms with Gasteiger partial charge >= 0.3 is 6.09 Å². The van der Waals surface area contributed by atoms with Gasteiger partial charge in [-0.2, -0.15) is 0 Å². The summed E-state index contributed by atoms with van der Waals surface area (Å²) in [6, 6.07) is 7.50. The fourth-order valence-corrected chi connectivity index (χ4v) is 1.65. The van der Waals surface area contributed by atoms with Gasteiger partial charge < -0.3 is 10.1 Å². The predicted molar refractivity (Wildman–Crippen MR) is 62.7 cm³/mol. The number of rotatable bonds is 3. The molecule has 1 fully saturated rings. The van der Waals surface area contributed by atoms with E-state index >= 15 is 0 Å². The van der Waals surface area contributed by atoms with Crippen LogP contribution in [0.15, 0.2) is 24.3 Å². The van der Waals surface area contributed by atoms with Crippen molar-refractivity contribution < 1.29 is 14.3 Å². The van der Waals surface area contributed by atoms with Crippen LogP contribution in [0.3, 0.4) is 0 Å². The van der Waals surface area contributed by atoms with E-state index < -0.39 is 6.09 Å². The van der Waals surface area contributed by atoms with E-state index in [0.717, 1.165) is 11.3 Å². The first-order valence-electron chi connectivity index (χ1n) is 5.44. The lowest BCUT2D eigenvalue weighted by atomic mass is 10.2. The Hall–Kier alpha value is -2.04. The molecular formula is C12H14N2O3. The lowest BCUT2D eigenvalue weighted by Crippen LogP contribution is -2.33. The lowest BCUT2D eigenvalue weighted by molar-refractivity contribution is -0.116. The van der Waals surface area contributed by atoms with Gasteiger partial charge in [-0.1, -0.05) is 18.2 Å². The Balaban J connectivity index is 1.93. The minimum absolute atomic E-state index is 0.0349. The number of amides is 2. The number of para-hydroxylation sites is 1. The van der Waals surface area contributed by atoms with E-state index in [0.29, 0.717) is 13.2 Å². The molecule has 5 nitrogen and oxygen atoms in total. The Morgan fingerprint density at radius 2 is 2.24 bits per heavy atom. The van der Waals surface area contributed by atoms with E-state index in [-0.39, 0.29) is 12.5 Å². The molecule has 2 amide bonds. The maximum Gasteiger partial charge on any atom is 0.410 e. The van der Waals surface area contributed by atoms with Crippen molar-refractivity contribution >= 4 is 17.7 Å². The highest BCUT2D eigenvalue weighted by Crippen LogP contribution is 2.13. The van der Waals surface area contributed by atoms with Gasteiger partial charge in [0.2, 0.25) is 5.91 Å². The largest absolute Gasteiger partial charge is 0.448 e. The maximum absolute atomic E-state index is 11.7. The number of carbonyl (C=O) groups excluding carboxylic acids is 2. The first-order valence-corrected chi connectivity index (χ1v) is 5.44. The summed E-state index contributed by atoms with van der Waals surface area (Å²) in [6.07, 6.45) is -0.426. The highest BCUT2D eigenvalue weighted by Gasteiger charge is 2.24. The fourth-order valence-electron chi connectivity index (χ4n) is 1.65. The molecule has 0 saturated carbocycles. The highest BCUT2D eigenvalue weighted by atomic mass is 16.6. The molecule has 0 spiro atoms. The third-order valence-electron chi connectivity index (χ3n) is 2.60. The van der Waals surface area contributed by atoms with Crippen LogP contribution in [0, 0.1) is 6.92 Å². The van der Waals surface area contributed by atoms with Gasteiger partial charge in [-0.15, -0.1) is 0 Å². The number of hydrogen-bond donors (Lipinski definition) is 1. The average molecular weight is 234 g/mol. The summed E-state index contributed by atoms with van der Waals surface area (Å²) in [5, 5.41) is 2.77. The smallest absolute Gasteiger partial charge is 0.410 e. The number of hydrogen-bond acceptors (Lipinski definition) is 3. The molecule has 1 N–H and O–H groups in total. The first-order chi connectivity index (χ1) is 8.16. The van der Waals surface area contributed by atoms with Crippen LogP contribution in [0.1, 0.15) is 5.56 Å².